The molecule has 1 aliphatic rings. The van der Waals surface area contributed by atoms with Crippen LogP contribution in [0.1, 0.15) is 32.1 Å². The van der Waals surface area contributed by atoms with Crippen LogP contribution in [0.15, 0.2) is 0 Å². The summed E-state index contributed by atoms with van der Waals surface area (Å²) < 4.78 is 0. The number of hydrogen-bond acceptors (Lipinski definition) is 1. The van der Waals surface area contributed by atoms with Crippen molar-refractivity contribution in [2.75, 3.05) is 0 Å². The molecule has 108 valence electrons. The molecule has 1 aliphatic carbocycles. The molecule has 0 aromatic rings. The lowest BCUT2D eigenvalue weighted by Crippen LogP contribution is -2.43. The summed E-state index contributed by atoms with van der Waals surface area (Å²) in [6.45, 7) is 14.7. The standard InChI is InChI=1S/C15H34OSi2/c1-17(2,3)12-14(18(4,5)6)15(16)13-10-8-7-9-11-13/h13-16H,7-12H2,1-6H3/t14-,15+/m1/s1. The van der Waals surface area contributed by atoms with Crippen LogP contribution in [-0.4, -0.2) is 27.4 Å². The van der Waals surface area contributed by atoms with Gasteiger partial charge in [0.2, 0.25) is 0 Å². The fourth-order valence-corrected chi connectivity index (χ4v) is 10.5. The van der Waals surface area contributed by atoms with E-state index < -0.39 is 16.1 Å². The van der Waals surface area contributed by atoms with Crippen molar-refractivity contribution in [3.63, 3.8) is 0 Å². The number of hydrogen-bond donors (Lipinski definition) is 1. The van der Waals surface area contributed by atoms with Crippen molar-refractivity contribution < 1.29 is 5.11 Å². The molecule has 1 fully saturated rings. The molecule has 0 aliphatic heterocycles. The van der Waals surface area contributed by atoms with Gasteiger partial charge < -0.3 is 5.11 Å². The van der Waals surface area contributed by atoms with Gasteiger partial charge in [-0.15, -0.1) is 0 Å². The van der Waals surface area contributed by atoms with E-state index in [9.17, 15) is 5.11 Å². The van der Waals surface area contributed by atoms with E-state index in [-0.39, 0.29) is 6.10 Å². The molecule has 1 nitrogen and oxygen atoms in total. The van der Waals surface area contributed by atoms with Crippen molar-refractivity contribution in [3.05, 3.63) is 0 Å². The Kier molecular flexibility index (Phi) is 5.69. The van der Waals surface area contributed by atoms with E-state index in [0.29, 0.717) is 11.5 Å². The summed E-state index contributed by atoms with van der Waals surface area (Å²) in [5, 5.41) is 10.9. The van der Waals surface area contributed by atoms with Gasteiger partial charge in [0.05, 0.1) is 6.10 Å². The van der Waals surface area contributed by atoms with Gasteiger partial charge in [-0.1, -0.05) is 64.6 Å². The summed E-state index contributed by atoms with van der Waals surface area (Å²) in [4.78, 5) is 0. The zero-order valence-electron chi connectivity index (χ0n) is 13.4. The maximum absolute atomic E-state index is 10.9. The van der Waals surface area contributed by atoms with Crippen LogP contribution in [0, 0.1) is 5.92 Å². The smallest absolute Gasteiger partial charge is 0.0570 e. The third-order valence-electron chi connectivity index (χ3n) is 4.49. The molecule has 0 amide bonds. The Morgan fingerprint density at radius 2 is 1.44 bits per heavy atom. The van der Waals surface area contributed by atoms with Gasteiger partial charge in [-0.05, 0) is 24.3 Å². The Morgan fingerprint density at radius 3 is 1.83 bits per heavy atom. The van der Waals surface area contributed by atoms with Crippen molar-refractivity contribution >= 4 is 16.1 Å². The quantitative estimate of drug-likeness (QED) is 0.707. The van der Waals surface area contributed by atoms with Gasteiger partial charge in [0.15, 0.2) is 0 Å². The first-order chi connectivity index (χ1) is 8.11. The van der Waals surface area contributed by atoms with Gasteiger partial charge in [-0.3, -0.25) is 0 Å². The summed E-state index contributed by atoms with van der Waals surface area (Å²) >= 11 is 0. The van der Waals surface area contributed by atoms with Crippen LogP contribution in [0.2, 0.25) is 50.9 Å². The summed E-state index contributed by atoms with van der Waals surface area (Å²) in [5.74, 6) is 0.604. The third kappa shape index (κ3) is 5.18. The van der Waals surface area contributed by atoms with Crippen LogP contribution in [0.4, 0.5) is 0 Å². The molecule has 3 heteroatoms. The van der Waals surface area contributed by atoms with Crippen LogP contribution < -0.4 is 0 Å². The minimum Gasteiger partial charge on any atom is -0.393 e. The van der Waals surface area contributed by atoms with Gasteiger partial charge in [0.25, 0.3) is 0 Å². The number of rotatable bonds is 5. The van der Waals surface area contributed by atoms with E-state index in [4.69, 9.17) is 0 Å². The fourth-order valence-electron chi connectivity index (χ4n) is 3.40. The Morgan fingerprint density at radius 1 is 0.944 bits per heavy atom. The maximum atomic E-state index is 10.9. The van der Waals surface area contributed by atoms with Gasteiger partial charge in [-0.2, -0.15) is 0 Å². The van der Waals surface area contributed by atoms with Crippen LogP contribution in [-0.2, 0) is 0 Å². The van der Waals surface area contributed by atoms with Gasteiger partial charge in [0.1, 0.15) is 0 Å². The molecule has 1 rings (SSSR count). The summed E-state index contributed by atoms with van der Waals surface area (Å²) in [7, 11) is -2.34. The highest BCUT2D eigenvalue weighted by atomic mass is 28.3. The number of aliphatic hydroxyl groups excluding tert-OH is 1. The Labute approximate surface area is 116 Å². The Bertz CT molecular complexity index is 246. The second kappa shape index (κ2) is 6.23. The first-order valence-electron chi connectivity index (χ1n) is 7.79. The summed E-state index contributed by atoms with van der Waals surface area (Å²) in [6.07, 6.45) is 6.60. The summed E-state index contributed by atoms with van der Waals surface area (Å²) in [5.41, 5.74) is 0.618. The van der Waals surface area contributed by atoms with Crippen LogP contribution in [0.3, 0.4) is 0 Å². The average Bonchev–Trinajstić information content (AvgIpc) is 2.24. The molecule has 0 spiro atoms. The molecule has 18 heavy (non-hydrogen) atoms. The molecule has 1 saturated carbocycles. The SMILES string of the molecule is C[Si](C)(C)C[C@H]([C@@H](O)C1CCCCC1)[Si](C)(C)C. The van der Waals surface area contributed by atoms with Crippen molar-refractivity contribution in [1.82, 2.24) is 0 Å². The van der Waals surface area contributed by atoms with E-state index in [1.54, 1.807) is 0 Å². The zero-order valence-corrected chi connectivity index (χ0v) is 15.4. The molecule has 0 heterocycles. The second-order valence-electron chi connectivity index (χ2n) is 8.63. The monoisotopic (exact) mass is 286 g/mol. The highest BCUT2D eigenvalue weighted by Crippen LogP contribution is 2.40. The van der Waals surface area contributed by atoms with Crippen LogP contribution in [0.25, 0.3) is 0 Å². The van der Waals surface area contributed by atoms with Crippen molar-refractivity contribution in [3.8, 4) is 0 Å². The highest BCUT2D eigenvalue weighted by Gasteiger charge is 2.39. The average molecular weight is 287 g/mol. The normalized spacial score (nSPS) is 22.8. The molecule has 0 unspecified atom stereocenters. The molecule has 0 saturated heterocycles. The molecule has 1 N–H and O–H groups in total. The van der Waals surface area contributed by atoms with Crippen molar-refractivity contribution in [2.24, 2.45) is 5.92 Å². The Hall–Kier alpha value is 0.394. The van der Waals surface area contributed by atoms with E-state index in [0.717, 1.165) is 0 Å². The van der Waals surface area contributed by atoms with E-state index in [1.807, 2.05) is 0 Å². The lowest BCUT2D eigenvalue weighted by Gasteiger charge is -2.41. The maximum Gasteiger partial charge on any atom is 0.0570 e. The molecule has 0 aromatic carbocycles. The van der Waals surface area contributed by atoms with Crippen LogP contribution in [0.5, 0.6) is 0 Å². The molecular formula is C15H34OSi2. The van der Waals surface area contributed by atoms with Gasteiger partial charge >= 0.3 is 0 Å². The van der Waals surface area contributed by atoms with Gasteiger partial charge in [-0.25, -0.2) is 0 Å². The molecule has 0 radical (unpaired) electrons. The first kappa shape index (κ1) is 16.4. The molecule has 0 aromatic heterocycles. The van der Waals surface area contributed by atoms with E-state index in [1.165, 1.54) is 38.1 Å². The van der Waals surface area contributed by atoms with E-state index >= 15 is 0 Å². The lowest BCUT2D eigenvalue weighted by atomic mass is 9.84. The minimum absolute atomic E-state index is 0.0105. The predicted molar refractivity (Wildman–Crippen MR) is 87.8 cm³/mol. The first-order valence-corrected chi connectivity index (χ1v) is 15.1. The molecule has 2 atom stereocenters. The predicted octanol–water partition coefficient (Wildman–Crippen LogP) is 4.97. The third-order valence-corrected chi connectivity index (χ3v) is 9.33. The van der Waals surface area contributed by atoms with Crippen molar-refractivity contribution in [2.45, 2.75) is 89.1 Å². The van der Waals surface area contributed by atoms with Crippen LogP contribution >= 0.6 is 0 Å². The largest absolute Gasteiger partial charge is 0.393 e. The number of aliphatic hydroxyl groups is 1. The van der Waals surface area contributed by atoms with Gasteiger partial charge in [0, 0.05) is 16.1 Å². The fraction of sp³-hybridized carbons (Fsp3) is 1.00. The second-order valence-corrected chi connectivity index (χ2v) is 19.6. The van der Waals surface area contributed by atoms with E-state index in [2.05, 4.69) is 39.3 Å². The topological polar surface area (TPSA) is 20.2 Å². The van der Waals surface area contributed by atoms with Crippen molar-refractivity contribution in [1.29, 1.82) is 0 Å². The Balaban J connectivity index is 2.75. The molecular weight excluding hydrogens is 252 g/mol. The highest BCUT2D eigenvalue weighted by molar-refractivity contribution is 6.82. The molecule has 0 bridgehead atoms. The summed E-state index contributed by atoms with van der Waals surface area (Å²) in [6, 6.07) is 1.32. The zero-order chi connectivity index (χ0) is 14.0. The lowest BCUT2D eigenvalue weighted by molar-refractivity contribution is 0.0795. The minimum atomic E-state index is -1.26.